The van der Waals surface area contributed by atoms with E-state index in [1.165, 1.54) is 7.05 Å². The lowest BCUT2D eigenvalue weighted by atomic mass is 9.99. The van der Waals surface area contributed by atoms with E-state index in [9.17, 15) is 9.59 Å². The summed E-state index contributed by atoms with van der Waals surface area (Å²) >= 11 is 0. The maximum atomic E-state index is 11.9. The van der Waals surface area contributed by atoms with Gasteiger partial charge in [-0.2, -0.15) is 0 Å². The minimum Gasteiger partial charge on any atom is -0.357 e. The number of nitrogens with one attached hydrogen (secondary N) is 2. The molecule has 0 aliphatic carbocycles. The number of carbonyl (C=O) groups excluding carboxylic acids is 2. The summed E-state index contributed by atoms with van der Waals surface area (Å²) in [4.78, 5) is 23.1. The molecule has 2 atom stereocenters. The molecule has 0 heterocycles. The van der Waals surface area contributed by atoms with E-state index < -0.39 is 6.04 Å². The molecule has 2 unspecified atom stereocenters. The van der Waals surface area contributed by atoms with Crippen LogP contribution in [0.4, 0.5) is 0 Å². The van der Waals surface area contributed by atoms with Gasteiger partial charge in [0.2, 0.25) is 11.8 Å². The normalized spacial score (nSPS) is 14.3. The van der Waals surface area contributed by atoms with Gasteiger partial charge in [-0.1, -0.05) is 38.3 Å². The van der Waals surface area contributed by atoms with Crippen molar-refractivity contribution in [1.82, 2.24) is 10.6 Å². The van der Waals surface area contributed by atoms with Crippen LogP contribution in [0.1, 0.15) is 20.3 Å². The van der Waals surface area contributed by atoms with Crippen molar-refractivity contribution in [3.05, 3.63) is 37.0 Å². The molecule has 2 N–H and O–H groups in total. The Hall–Kier alpha value is -1.84. The molecule has 0 bridgehead atoms. The summed E-state index contributed by atoms with van der Waals surface area (Å²) in [5.74, 6) is -0.578. The fourth-order valence-corrected chi connectivity index (χ4v) is 1.45. The quantitative estimate of drug-likeness (QED) is 0.674. The Bertz CT molecular complexity index is 359. The molecule has 0 aromatic carbocycles. The van der Waals surface area contributed by atoms with Gasteiger partial charge >= 0.3 is 0 Å². The molecule has 0 rings (SSSR count). The highest BCUT2D eigenvalue weighted by atomic mass is 16.2. The Labute approximate surface area is 109 Å². The second-order valence-corrected chi connectivity index (χ2v) is 4.13. The second-order valence-electron chi connectivity index (χ2n) is 4.13. The molecular formula is C14H22N2O2. The third-order valence-electron chi connectivity index (χ3n) is 2.58. The molecule has 4 nitrogen and oxygen atoms in total. The smallest absolute Gasteiger partial charge is 0.242 e. The van der Waals surface area contributed by atoms with Gasteiger partial charge in [-0.15, -0.1) is 0 Å². The molecule has 2 amide bonds. The number of allylic oxidation sites excluding steroid dienone is 4. The highest BCUT2D eigenvalue weighted by Gasteiger charge is 2.19. The third kappa shape index (κ3) is 5.48. The Morgan fingerprint density at radius 1 is 1.22 bits per heavy atom. The van der Waals surface area contributed by atoms with E-state index in [-0.39, 0.29) is 17.7 Å². The van der Waals surface area contributed by atoms with Crippen LogP contribution in [-0.2, 0) is 9.59 Å². The van der Waals surface area contributed by atoms with E-state index in [1.54, 1.807) is 19.1 Å². The Kier molecular flexibility index (Phi) is 7.43. The van der Waals surface area contributed by atoms with Gasteiger partial charge in [0.1, 0.15) is 6.04 Å². The summed E-state index contributed by atoms with van der Waals surface area (Å²) < 4.78 is 0. The van der Waals surface area contributed by atoms with Gasteiger partial charge in [0.05, 0.1) is 0 Å². The fraction of sp³-hybridized carbons (Fsp3) is 0.429. The van der Waals surface area contributed by atoms with Crippen LogP contribution in [0.5, 0.6) is 0 Å². The molecule has 0 aliphatic heterocycles. The Morgan fingerprint density at radius 3 is 2.28 bits per heavy atom. The predicted octanol–water partition coefficient (Wildman–Crippen LogP) is 1.56. The molecule has 100 valence electrons. The number of hydrogen-bond donors (Lipinski definition) is 2. The van der Waals surface area contributed by atoms with Crippen LogP contribution in [0.2, 0.25) is 0 Å². The zero-order chi connectivity index (χ0) is 14.1. The maximum Gasteiger partial charge on any atom is 0.242 e. The summed E-state index contributed by atoms with van der Waals surface area (Å²) in [5, 5.41) is 5.15. The number of hydrogen-bond acceptors (Lipinski definition) is 2. The van der Waals surface area contributed by atoms with Gasteiger partial charge in [-0.05, 0) is 18.9 Å². The molecular weight excluding hydrogens is 228 g/mol. The summed E-state index contributed by atoms with van der Waals surface area (Å²) in [5.41, 5.74) is 0.945. The molecule has 0 spiro atoms. The molecule has 0 saturated carbocycles. The first kappa shape index (κ1) is 16.2. The van der Waals surface area contributed by atoms with Gasteiger partial charge in [0.25, 0.3) is 0 Å². The van der Waals surface area contributed by atoms with Crippen LogP contribution in [-0.4, -0.2) is 24.9 Å². The third-order valence-corrected chi connectivity index (χ3v) is 2.58. The van der Waals surface area contributed by atoms with Crippen LogP contribution < -0.4 is 10.6 Å². The van der Waals surface area contributed by atoms with Crippen molar-refractivity contribution in [1.29, 1.82) is 0 Å². The van der Waals surface area contributed by atoms with Crippen LogP contribution in [0, 0.1) is 5.92 Å². The van der Waals surface area contributed by atoms with Crippen LogP contribution >= 0.6 is 0 Å². The van der Waals surface area contributed by atoms with Crippen molar-refractivity contribution >= 4 is 11.8 Å². The summed E-state index contributed by atoms with van der Waals surface area (Å²) in [6.07, 6.45) is 5.75. The molecule has 0 saturated heterocycles. The lowest BCUT2D eigenvalue weighted by molar-refractivity contribution is -0.130. The molecule has 0 fully saturated rings. The molecule has 4 heteroatoms. The number of likely N-dealkylation sites (N-methyl/N-ethyl adjacent to an activating group) is 1. The average molecular weight is 250 g/mol. The number of rotatable bonds is 7. The maximum absolute atomic E-state index is 11.9. The van der Waals surface area contributed by atoms with Crippen LogP contribution in [0.25, 0.3) is 0 Å². The van der Waals surface area contributed by atoms with E-state index in [0.717, 1.165) is 5.57 Å². The zero-order valence-corrected chi connectivity index (χ0v) is 11.3. The standard InChI is InChI=1S/C14H22N2O2/c1-6-8-12(7-2)9-10(3)13(17)16-11(4)14(18)15-5/h6-8,10-11H,1-2,9H2,3-5H3,(H,15,18)(H,16,17)/b12-8+. The number of carbonyl (C=O) groups is 2. The summed E-state index contributed by atoms with van der Waals surface area (Å²) in [6.45, 7) is 10.8. The SMILES string of the molecule is C=C/C=C(\C=C)CC(C)C(=O)NC(C)C(=O)NC. The van der Waals surface area contributed by atoms with Crippen molar-refractivity contribution in [2.45, 2.75) is 26.3 Å². The van der Waals surface area contributed by atoms with E-state index in [4.69, 9.17) is 0 Å². The van der Waals surface area contributed by atoms with E-state index in [1.807, 2.05) is 13.0 Å². The van der Waals surface area contributed by atoms with Crippen LogP contribution in [0.3, 0.4) is 0 Å². The number of amides is 2. The van der Waals surface area contributed by atoms with Gasteiger partial charge in [-0.3, -0.25) is 9.59 Å². The zero-order valence-electron chi connectivity index (χ0n) is 11.3. The van der Waals surface area contributed by atoms with Gasteiger partial charge < -0.3 is 10.6 Å². The van der Waals surface area contributed by atoms with E-state index in [2.05, 4.69) is 23.8 Å². The molecule has 0 aliphatic rings. The van der Waals surface area contributed by atoms with Gasteiger partial charge in [-0.25, -0.2) is 0 Å². The minimum atomic E-state index is -0.527. The first-order chi connectivity index (χ1) is 8.46. The van der Waals surface area contributed by atoms with Crippen molar-refractivity contribution in [2.24, 2.45) is 5.92 Å². The van der Waals surface area contributed by atoms with Crippen molar-refractivity contribution in [3.8, 4) is 0 Å². The topological polar surface area (TPSA) is 58.2 Å². The lowest BCUT2D eigenvalue weighted by Gasteiger charge is -2.16. The lowest BCUT2D eigenvalue weighted by Crippen LogP contribution is -2.45. The molecule has 0 radical (unpaired) electrons. The van der Waals surface area contributed by atoms with Gasteiger partial charge in [0, 0.05) is 13.0 Å². The second kappa shape index (κ2) is 8.28. The first-order valence-corrected chi connectivity index (χ1v) is 5.92. The van der Waals surface area contributed by atoms with E-state index in [0.29, 0.717) is 6.42 Å². The fourth-order valence-electron chi connectivity index (χ4n) is 1.45. The minimum absolute atomic E-state index is 0.150. The van der Waals surface area contributed by atoms with E-state index >= 15 is 0 Å². The summed E-state index contributed by atoms with van der Waals surface area (Å²) in [6, 6.07) is -0.527. The van der Waals surface area contributed by atoms with Gasteiger partial charge in [0.15, 0.2) is 0 Å². The van der Waals surface area contributed by atoms with Crippen molar-refractivity contribution in [2.75, 3.05) is 7.05 Å². The molecule has 18 heavy (non-hydrogen) atoms. The Balaban J connectivity index is 4.43. The largest absolute Gasteiger partial charge is 0.357 e. The van der Waals surface area contributed by atoms with Crippen LogP contribution in [0.15, 0.2) is 37.0 Å². The average Bonchev–Trinajstić information content (AvgIpc) is 2.36. The Morgan fingerprint density at radius 2 is 1.83 bits per heavy atom. The first-order valence-electron chi connectivity index (χ1n) is 5.92. The molecule has 0 aromatic heterocycles. The summed E-state index contributed by atoms with van der Waals surface area (Å²) in [7, 11) is 1.54. The van der Waals surface area contributed by atoms with Crippen molar-refractivity contribution in [3.63, 3.8) is 0 Å². The monoisotopic (exact) mass is 250 g/mol. The highest BCUT2D eigenvalue weighted by molar-refractivity contribution is 5.87. The van der Waals surface area contributed by atoms with Crippen molar-refractivity contribution < 1.29 is 9.59 Å². The highest BCUT2D eigenvalue weighted by Crippen LogP contribution is 2.12. The predicted molar refractivity (Wildman–Crippen MR) is 73.9 cm³/mol. The molecule has 0 aromatic rings.